The lowest BCUT2D eigenvalue weighted by atomic mass is 10.0. The van der Waals surface area contributed by atoms with Crippen molar-refractivity contribution in [3.63, 3.8) is 0 Å². The fourth-order valence-electron chi connectivity index (χ4n) is 5.59. The van der Waals surface area contributed by atoms with Crippen LogP contribution in [0.4, 0.5) is 21.9 Å². The number of aryl methyl sites for hydroxylation is 1. The normalized spacial score (nSPS) is 16.4. The second kappa shape index (κ2) is 12.3. The predicted molar refractivity (Wildman–Crippen MR) is 173 cm³/mol. The number of para-hydroxylation sites is 1. The van der Waals surface area contributed by atoms with Crippen molar-refractivity contribution in [2.24, 2.45) is 0 Å². The summed E-state index contributed by atoms with van der Waals surface area (Å²) in [7, 11) is 1.85. The Kier molecular flexibility index (Phi) is 8.13. The molecule has 1 fully saturated rings. The first-order valence-electron chi connectivity index (χ1n) is 14.3. The lowest BCUT2D eigenvalue weighted by Gasteiger charge is -2.34. The van der Waals surface area contributed by atoms with Gasteiger partial charge in [0.1, 0.15) is 16.3 Å². The molecular formula is C33H34N6O3S. The average Bonchev–Trinajstić information content (AvgIpc) is 3.38. The highest BCUT2D eigenvalue weighted by atomic mass is 32.1. The number of thiophene rings is 1. The number of piperidine rings is 1. The molecule has 0 saturated carbocycles. The number of amides is 3. The van der Waals surface area contributed by atoms with Crippen LogP contribution in [0, 0.1) is 6.92 Å². The number of carbonyl (C=O) groups is 2. The largest absolute Gasteiger partial charge is 0.457 e. The Hall–Kier alpha value is -4.67. The number of urea groups is 1. The molecule has 1 atom stereocenters. The average molecular weight is 595 g/mol. The zero-order valence-corrected chi connectivity index (χ0v) is 25.0. The number of benzene rings is 2. The molecule has 0 bridgehead atoms. The maximum absolute atomic E-state index is 13.7. The molecule has 1 saturated heterocycles. The summed E-state index contributed by atoms with van der Waals surface area (Å²) in [5.41, 5.74) is 3.84. The monoisotopic (exact) mass is 594 g/mol. The molecule has 3 amide bonds. The number of nitrogens with zero attached hydrogens (tertiary/aromatic N) is 3. The molecule has 220 valence electrons. The van der Waals surface area contributed by atoms with Gasteiger partial charge in [0.25, 0.3) is 0 Å². The molecule has 2 aliphatic rings. The zero-order chi connectivity index (χ0) is 29.9. The number of aromatic nitrogens is 1. The molecule has 0 spiro atoms. The van der Waals surface area contributed by atoms with E-state index in [1.54, 1.807) is 17.2 Å². The van der Waals surface area contributed by atoms with E-state index in [4.69, 9.17) is 4.74 Å². The molecule has 2 aromatic heterocycles. The highest BCUT2D eigenvalue weighted by molar-refractivity contribution is 7.20. The van der Waals surface area contributed by atoms with Crippen LogP contribution in [0.2, 0.25) is 0 Å². The van der Waals surface area contributed by atoms with Crippen molar-refractivity contribution in [2.75, 3.05) is 36.9 Å². The van der Waals surface area contributed by atoms with Gasteiger partial charge in [-0.25, -0.2) is 9.78 Å². The molecule has 4 aromatic rings. The summed E-state index contributed by atoms with van der Waals surface area (Å²) in [6.07, 6.45) is 7.03. The molecular weight excluding hydrogens is 560 g/mol. The molecule has 0 unspecified atom stereocenters. The van der Waals surface area contributed by atoms with Crippen LogP contribution in [0.15, 0.2) is 79.5 Å². The van der Waals surface area contributed by atoms with Crippen LogP contribution < -0.4 is 25.6 Å². The smallest absolute Gasteiger partial charge is 0.331 e. The van der Waals surface area contributed by atoms with Crippen LogP contribution >= 0.6 is 11.3 Å². The Labute approximate surface area is 254 Å². The Balaban J connectivity index is 1.24. The van der Waals surface area contributed by atoms with E-state index >= 15 is 0 Å². The van der Waals surface area contributed by atoms with Gasteiger partial charge < -0.3 is 25.6 Å². The zero-order valence-electron chi connectivity index (χ0n) is 24.2. The van der Waals surface area contributed by atoms with Gasteiger partial charge in [-0.15, -0.1) is 11.3 Å². The van der Waals surface area contributed by atoms with Crippen LogP contribution in [0.5, 0.6) is 11.5 Å². The van der Waals surface area contributed by atoms with Crippen LogP contribution in [-0.2, 0) is 4.79 Å². The van der Waals surface area contributed by atoms with Crippen molar-refractivity contribution in [2.45, 2.75) is 25.8 Å². The Morgan fingerprint density at radius 3 is 2.81 bits per heavy atom. The first-order valence-corrected chi connectivity index (χ1v) is 15.2. The number of likely N-dealkylation sites (tertiary alicyclic amines) is 1. The second-order valence-electron chi connectivity index (χ2n) is 10.7. The summed E-state index contributed by atoms with van der Waals surface area (Å²) < 4.78 is 6.00. The first-order chi connectivity index (χ1) is 20.9. The topological polar surface area (TPSA) is 98.8 Å². The molecule has 4 heterocycles. The standard InChI is InChI=1S/C33H34N6O3S/c1-21-19-25(42-24-10-5-4-6-11-24)13-14-26(21)39-27-15-17-35-32-29(27)30(37-33(39)41)31(43-32)22(2)36-23-9-8-18-38(20-23)28(40)12-7-16-34-3/h4-7,10-15,17,19,23,34,36H,2,8-9,16,18,20H2,1,3H3,(H,37,41)/b12-7+/t23-/m1/s1. The van der Waals surface area contributed by atoms with Gasteiger partial charge in [-0.05, 0) is 68.8 Å². The van der Waals surface area contributed by atoms with Crippen molar-refractivity contribution >= 4 is 56.3 Å². The third kappa shape index (κ3) is 5.84. The minimum absolute atomic E-state index is 0.0143. The van der Waals surface area contributed by atoms with Gasteiger partial charge in [0.15, 0.2) is 0 Å². The predicted octanol–water partition coefficient (Wildman–Crippen LogP) is 6.41. The van der Waals surface area contributed by atoms with Crippen molar-refractivity contribution in [3.8, 4) is 11.5 Å². The van der Waals surface area contributed by atoms with Crippen molar-refractivity contribution in [1.82, 2.24) is 20.5 Å². The number of anilines is 3. The maximum Gasteiger partial charge on any atom is 0.331 e. The highest BCUT2D eigenvalue weighted by Crippen LogP contribution is 2.48. The minimum atomic E-state index is -0.255. The summed E-state index contributed by atoms with van der Waals surface area (Å²) in [5.74, 6) is 1.46. The van der Waals surface area contributed by atoms with Gasteiger partial charge in [0, 0.05) is 43.6 Å². The number of pyridine rings is 1. The van der Waals surface area contributed by atoms with E-state index < -0.39 is 0 Å². The number of likely N-dealkylation sites (N-methyl/N-ethyl adjacent to an activating group) is 1. The number of hydrogen-bond acceptors (Lipinski definition) is 7. The van der Waals surface area contributed by atoms with E-state index in [2.05, 4.69) is 27.5 Å². The van der Waals surface area contributed by atoms with E-state index in [-0.39, 0.29) is 18.0 Å². The summed E-state index contributed by atoms with van der Waals surface area (Å²) in [4.78, 5) is 36.2. The van der Waals surface area contributed by atoms with E-state index in [1.807, 2.05) is 79.5 Å². The molecule has 6 rings (SSSR count). The van der Waals surface area contributed by atoms with Gasteiger partial charge in [-0.2, -0.15) is 0 Å². The Morgan fingerprint density at radius 2 is 2.02 bits per heavy atom. The molecule has 43 heavy (non-hydrogen) atoms. The molecule has 10 heteroatoms. The minimum Gasteiger partial charge on any atom is -0.457 e. The number of rotatable bonds is 9. The van der Waals surface area contributed by atoms with Crippen molar-refractivity contribution in [3.05, 3.63) is 90.0 Å². The summed E-state index contributed by atoms with van der Waals surface area (Å²) in [5, 5.41) is 10.6. The quantitative estimate of drug-likeness (QED) is 0.194. The van der Waals surface area contributed by atoms with Crippen LogP contribution in [0.3, 0.4) is 0 Å². The number of nitrogens with one attached hydrogen (secondary N) is 3. The number of hydrogen-bond donors (Lipinski definition) is 3. The van der Waals surface area contributed by atoms with Crippen LogP contribution in [-0.4, -0.2) is 54.5 Å². The van der Waals surface area contributed by atoms with Gasteiger partial charge in [-0.3, -0.25) is 9.69 Å². The summed E-state index contributed by atoms with van der Waals surface area (Å²) in [6.45, 7) is 8.28. The second-order valence-corrected chi connectivity index (χ2v) is 11.7. The fraction of sp³-hybridized carbons (Fsp3) is 0.242. The summed E-state index contributed by atoms with van der Waals surface area (Å²) in [6, 6.07) is 17.0. The van der Waals surface area contributed by atoms with Gasteiger partial charge in [0.2, 0.25) is 5.91 Å². The van der Waals surface area contributed by atoms with Gasteiger partial charge >= 0.3 is 6.03 Å². The number of carbonyl (C=O) groups excluding carboxylic acids is 2. The van der Waals surface area contributed by atoms with Crippen molar-refractivity contribution in [1.29, 1.82) is 0 Å². The Bertz CT molecular complexity index is 1720. The maximum atomic E-state index is 13.7. The first kappa shape index (κ1) is 28.4. The third-order valence-electron chi connectivity index (χ3n) is 7.60. The van der Waals surface area contributed by atoms with E-state index in [1.165, 1.54) is 11.3 Å². The number of ether oxygens (including phenoxy) is 1. The van der Waals surface area contributed by atoms with E-state index in [0.717, 1.165) is 57.2 Å². The van der Waals surface area contributed by atoms with E-state index in [9.17, 15) is 9.59 Å². The van der Waals surface area contributed by atoms with Gasteiger partial charge in [-0.1, -0.05) is 30.9 Å². The molecule has 3 N–H and O–H groups in total. The SMILES string of the molecule is C=C(N[C@@H]1CCCN(C(=O)/C=C/CNC)C1)c1sc2nccc3c2c1NC(=O)N3c1ccc(Oc2ccccc2)cc1C. The summed E-state index contributed by atoms with van der Waals surface area (Å²) >= 11 is 1.49. The molecule has 2 aliphatic heterocycles. The molecule has 2 aromatic carbocycles. The van der Waals surface area contributed by atoms with Crippen LogP contribution in [0.25, 0.3) is 15.9 Å². The highest BCUT2D eigenvalue weighted by Gasteiger charge is 2.33. The molecule has 9 nitrogen and oxygen atoms in total. The third-order valence-corrected chi connectivity index (χ3v) is 8.76. The lowest BCUT2D eigenvalue weighted by Crippen LogP contribution is -2.47. The fourth-order valence-corrected chi connectivity index (χ4v) is 6.65. The van der Waals surface area contributed by atoms with Crippen LogP contribution in [0.1, 0.15) is 23.3 Å². The van der Waals surface area contributed by atoms with Crippen molar-refractivity contribution < 1.29 is 14.3 Å². The van der Waals surface area contributed by atoms with E-state index in [0.29, 0.717) is 30.2 Å². The lowest BCUT2D eigenvalue weighted by molar-refractivity contribution is -0.127. The molecule has 0 radical (unpaired) electrons. The molecule has 0 aliphatic carbocycles. The van der Waals surface area contributed by atoms with Gasteiger partial charge in [0.05, 0.1) is 27.3 Å². The Morgan fingerprint density at radius 1 is 1.19 bits per heavy atom.